The molecule has 1 unspecified atom stereocenters. The first-order valence-electron chi connectivity index (χ1n) is 6.15. The predicted octanol–water partition coefficient (Wildman–Crippen LogP) is -0.0464. The Kier molecular flexibility index (Phi) is 4.54. The van der Waals surface area contributed by atoms with Gasteiger partial charge in [-0.25, -0.2) is 4.68 Å². The van der Waals surface area contributed by atoms with Crippen molar-refractivity contribution in [2.24, 2.45) is 5.73 Å². The third kappa shape index (κ3) is 3.42. The summed E-state index contributed by atoms with van der Waals surface area (Å²) in [4.78, 5) is 11.3. The minimum absolute atomic E-state index is 0.332. The van der Waals surface area contributed by atoms with Gasteiger partial charge in [0.1, 0.15) is 0 Å². The molecule has 2 rings (SSSR count). The van der Waals surface area contributed by atoms with Crippen LogP contribution in [-0.4, -0.2) is 44.5 Å². The van der Waals surface area contributed by atoms with Gasteiger partial charge in [-0.1, -0.05) is 18.7 Å². The quantitative estimate of drug-likeness (QED) is 0.643. The number of aromatic nitrogens is 4. The second-order valence-corrected chi connectivity index (χ2v) is 5.34. The highest BCUT2D eigenvalue weighted by Crippen LogP contribution is 2.36. The molecule has 1 aromatic heterocycles. The number of hydrogen-bond donors (Lipinski definition) is 2. The van der Waals surface area contributed by atoms with Crippen molar-refractivity contribution >= 4 is 17.7 Å². The number of rotatable bonds is 8. The molecule has 0 aliphatic heterocycles. The van der Waals surface area contributed by atoms with Crippen LogP contribution in [0.15, 0.2) is 5.16 Å². The average molecular weight is 270 g/mol. The summed E-state index contributed by atoms with van der Waals surface area (Å²) >= 11 is 1.47. The first-order chi connectivity index (χ1) is 8.72. The Balaban J connectivity index is 1.87. The van der Waals surface area contributed by atoms with E-state index in [0.717, 1.165) is 31.0 Å². The Morgan fingerprint density at radius 3 is 3.06 bits per heavy atom. The van der Waals surface area contributed by atoms with E-state index in [9.17, 15) is 4.79 Å². The van der Waals surface area contributed by atoms with Crippen LogP contribution in [0.5, 0.6) is 0 Å². The number of carbonyl (C=O) groups excluding carboxylic acids is 1. The number of primary amides is 1. The molecule has 1 atom stereocenters. The van der Waals surface area contributed by atoms with E-state index in [1.54, 1.807) is 0 Å². The van der Waals surface area contributed by atoms with Gasteiger partial charge in [-0.05, 0) is 36.2 Å². The van der Waals surface area contributed by atoms with E-state index in [0.29, 0.717) is 11.8 Å². The summed E-state index contributed by atoms with van der Waals surface area (Å²) in [5.41, 5.74) is 5.35. The highest BCUT2D eigenvalue weighted by atomic mass is 32.2. The second-order valence-electron chi connectivity index (χ2n) is 4.36. The van der Waals surface area contributed by atoms with Gasteiger partial charge in [0.15, 0.2) is 0 Å². The van der Waals surface area contributed by atoms with Gasteiger partial charge in [-0.15, -0.1) is 5.10 Å². The van der Waals surface area contributed by atoms with Gasteiger partial charge in [0.2, 0.25) is 11.1 Å². The van der Waals surface area contributed by atoms with E-state index >= 15 is 0 Å². The zero-order valence-corrected chi connectivity index (χ0v) is 11.2. The SMILES string of the molecule is CCCNC(CSc1nnnn1C1CC1)C(N)=O. The molecular formula is C10H18N6OS. The van der Waals surface area contributed by atoms with Crippen LogP contribution in [0.2, 0.25) is 0 Å². The van der Waals surface area contributed by atoms with Crippen LogP contribution in [0.1, 0.15) is 32.2 Å². The first kappa shape index (κ1) is 13.3. The number of hydrogen-bond acceptors (Lipinski definition) is 6. The molecule has 8 heteroatoms. The molecule has 0 saturated heterocycles. The molecule has 0 spiro atoms. The van der Waals surface area contributed by atoms with Crippen LogP contribution in [-0.2, 0) is 4.79 Å². The highest BCUT2D eigenvalue weighted by molar-refractivity contribution is 7.99. The zero-order chi connectivity index (χ0) is 13.0. The van der Waals surface area contributed by atoms with Crippen LogP contribution in [0.3, 0.4) is 0 Å². The Hall–Kier alpha value is -1.15. The molecule has 1 saturated carbocycles. The van der Waals surface area contributed by atoms with Crippen LogP contribution in [0.25, 0.3) is 0 Å². The summed E-state index contributed by atoms with van der Waals surface area (Å²) in [6.07, 6.45) is 3.23. The lowest BCUT2D eigenvalue weighted by Crippen LogP contribution is -2.43. The fraction of sp³-hybridized carbons (Fsp3) is 0.800. The molecule has 1 fully saturated rings. The average Bonchev–Trinajstić information content (AvgIpc) is 3.09. The van der Waals surface area contributed by atoms with Crippen molar-refractivity contribution in [3.8, 4) is 0 Å². The second kappa shape index (κ2) is 6.14. The van der Waals surface area contributed by atoms with Gasteiger partial charge in [0.25, 0.3) is 0 Å². The molecule has 0 bridgehead atoms. The molecule has 7 nitrogen and oxygen atoms in total. The van der Waals surface area contributed by atoms with Crippen molar-refractivity contribution in [1.82, 2.24) is 25.5 Å². The molecule has 1 aromatic rings. The fourth-order valence-corrected chi connectivity index (χ4v) is 2.56. The van der Waals surface area contributed by atoms with E-state index in [4.69, 9.17) is 5.73 Å². The summed E-state index contributed by atoms with van der Waals surface area (Å²) in [6.45, 7) is 2.83. The molecule has 1 aliphatic carbocycles. The Morgan fingerprint density at radius 2 is 2.44 bits per heavy atom. The smallest absolute Gasteiger partial charge is 0.235 e. The maximum absolute atomic E-state index is 11.3. The summed E-state index contributed by atoms with van der Waals surface area (Å²) in [6, 6.07) is 0.109. The third-order valence-corrected chi connectivity index (χ3v) is 3.75. The van der Waals surface area contributed by atoms with Crippen molar-refractivity contribution < 1.29 is 4.79 Å². The molecule has 1 amide bonds. The van der Waals surface area contributed by atoms with E-state index in [-0.39, 0.29) is 11.9 Å². The molecule has 0 radical (unpaired) electrons. The standard InChI is InChI=1S/C10H18N6OS/c1-2-5-12-8(9(11)17)6-18-10-13-14-15-16(10)7-3-4-7/h7-8,12H,2-6H2,1H3,(H2,11,17). The lowest BCUT2D eigenvalue weighted by Gasteiger charge is -2.13. The third-order valence-electron chi connectivity index (χ3n) is 2.72. The minimum atomic E-state index is -0.334. The van der Waals surface area contributed by atoms with Crippen LogP contribution >= 0.6 is 11.8 Å². The maximum Gasteiger partial charge on any atom is 0.235 e. The summed E-state index contributed by atoms with van der Waals surface area (Å²) < 4.78 is 1.84. The Morgan fingerprint density at radius 1 is 1.67 bits per heavy atom. The zero-order valence-electron chi connectivity index (χ0n) is 10.4. The van der Waals surface area contributed by atoms with Crippen LogP contribution in [0, 0.1) is 0 Å². The monoisotopic (exact) mass is 270 g/mol. The number of nitrogens with two attached hydrogens (primary N) is 1. The van der Waals surface area contributed by atoms with Crippen molar-refractivity contribution in [2.45, 2.75) is 43.4 Å². The lowest BCUT2D eigenvalue weighted by atomic mass is 10.3. The molecule has 3 N–H and O–H groups in total. The number of tetrazole rings is 1. The van der Waals surface area contributed by atoms with Gasteiger partial charge in [-0.3, -0.25) is 4.79 Å². The number of nitrogens with one attached hydrogen (secondary N) is 1. The van der Waals surface area contributed by atoms with Crippen molar-refractivity contribution in [1.29, 1.82) is 0 Å². The largest absolute Gasteiger partial charge is 0.368 e. The summed E-state index contributed by atoms with van der Waals surface area (Å²) in [7, 11) is 0. The molecule has 18 heavy (non-hydrogen) atoms. The van der Waals surface area contributed by atoms with Crippen LogP contribution in [0.4, 0.5) is 0 Å². The summed E-state index contributed by atoms with van der Waals surface area (Å²) in [5.74, 6) is 0.226. The van der Waals surface area contributed by atoms with Crippen molar-refractivity contribution in [2.75, 3.05) is 12.3 Å². The lowest BCUT2D eigenvalue weighted by molar-refractivity contribution is -0.119. The van der Waals surface area contributed by atoms with E-state index in [2.05, 4.69) is 20.8 Å². The van der Waals surface area contributed by atoms with Gasteiger partial charge in [-0.2, -0.15) is 0 Å². The minimum Gasteiger partial charge on any atom is -0.368 e. The molecular weight excluding hydrogens is 252 g/mol. The maximum atomic E-state index is 11.3. The van der Waals surface area contributed by atoms with E-state index in [1.807, 2.05) is 11.6 Å². The van der Waals surface area contributed by atoms with Crippen molar-refractivity contribution in [3.63, 3.8) is 0 Å². The topological polar surface area (TPSA) is 98.7 Å². The fourth-order valence-electron chi connectivity index (χ4n) is 1.55. The van der Waals surface area contributed by atoms with Crippen molar-refractivity contribution in [3.05, 3.63) is 0 Å². The summed E-state index contributed by atoms with van der Waals surface area (Å²) in [5, 5.41) is 15.5. The van der Waals surface area contributed by atoms with Gasteiger partial charge < -0.3 is 11.1 Å². The van der Waals surface area contributed by atoms with E-state index < -0.39 is 0 Å². The Labute approximate surface area is 110 Å². The van der Waals surface area contributed by atoms with Gasteiger partial charge >= 0.3 is 0 Å². The molecule has 1 aliphatic rings. The first-order valence-corrected chi connectivity index (χ1v) is 7.14. The number of amides is 1. The van der Waals surface area contributed by atoms with Gasteiger partial charge in [0.05, 0.1) is 12.1 Å². The molecule has 0 aromatic carbocycles. The van der Waals surface area contributed by atoms with Gasteiger partial charge in [0, 0.05) is 5.75 Å². The normalized spacial score (nSPS) is 16.7. The van der Waals surface area contributed by atoms with Crippen LogP contribution < -0.4 is 11.1 Å². The predicted molar refractivity (Wildman–Crippen MR) is 68.1 cm³/mol. The molecule has 100 valence electrons. The number of nitrogens with zero attached hydrogens (tertiary/aromatic N) is 4. The Bertz CT molecular complexity index is 405. The van der Waals surface area contributed by atoms with E-state index in [1.165, 1.54) is 11.8 Å². The molecule has 1 heterocycles. The number of carbonyl (C=O) groups is 1. The number of thioether (sulfide) groups is 1. The highest BCUT2D eigenvalue weighted by Gasteiger charge is 2.28.